The van der Waals surface area contributed by atoms with Crippen molar-refractivity contribution in [3.8, 4) is 0 Å². The minimum Gasteiger partial charge on any atom is -0.0622 e. The van der Waals surface area contributed by atoms with Gasteiger partial charge in [-0.05, 0) is 40.7 Å². The predicted octanol–water partition coefficient (Wildman–Crippen LogP) is 4.40. The molecule has 1 heteroatoms. The van der Waals surface area contributed by atoms with Gasteiger partial charge in [0.05, 0.1) is 0 Å². The Morgan fingerprint density at radius 2 is 1.09 bits per heavy atom. The zero-order valence-corrected chi connectivity index (χ0v) is 13.6. The highest BCUT2D eigenvalue weighted by Gasteiger charge is 2.16. The van der Waals surface area contributed by atoms with Crippen molar-refractivity contribution in [1.82, 2.24) is 0 Å². The summed E-state index contributed by atoms with van der Waals surface area (Å²) in [5.41, 5.74) is 0. The van der Waals surface area contributed by atoms with Gasteiger partial charge in [0.15, 0.2) is 0 Å². The fourth-order valence-electron chi connectivity index (χ4n) is 2.82. The van der Waals surface area contributed by atoms with E-state index in [0.29, 0.717) is 0 Å². The normalized spacial score (nSPS) is 11.0. The second-order valence-corrected chi connectivity index (χ2v) is 7.62. The zero-order valence-electron chi connectivity index (χ0n) is 12.7. The summed E-state index contributed by atoms with van der Waals surface area (Å²) >= 11 is 0. The van der Waals surface area contributed by atoms with Gasteiger partial charge < -0.3 is 0 Å². The molecule has 0 spiro atoms. The Morgan fingerprint density at radius 1 is 0.522 bits per heavy atom. The Morgan fingerprint density at radius 3 is 1.74 bits per heavy atom. The molecule has 4 aromatic carbocycles. The number of fused-ring (bicyclic) bond motifs is 1. The van der Waals surface area contributed by atoms with Crippen LogP contribution in [0.1, 0.15) is 0 Å². The van der Waals surface area contributed by atoms with Gasteiger partial charge in [0.1, 0.15) is 0 Å². The fourth-order valence-corrected chi connectivity index (χ4v) is 5.07. The van der Waals surface area contributed by atoms with Crippen molar-refractivity contribution in [3.05, 3.63) is 103 Å². The molecule has 4 aromatic rings. The predicted molar refractivity (Wildman–Crippen MR) is 101 cm³/mol. The molecule has 0 heterocycles. The van der Waals surface area contributed by atoms with E-state index < -0.39 is 7.92 Å². The Bertz CT molecular complexity index is 874. The molecule has 0 amide bonds. The Hall–Kier alpha value is -2.43. The average molecular weight is 311 g/mol. The molecule has 0 bridgehead atoms. The Balaban J connectivity index is 1.90. The molecule has 0 fully saturated rings. The van der Waals surface area contributed by atoms with Crippen molar-refractivity contribution >= 4 is 34.6 Å². The highest BCUT2D eigenvalue weighted by Crippen LogP contribution is 2.33. The Labute approximate surface area is 138 Å². The van der Waals surface area contributed by atoms with Crippen molar-refractivity contribution in [3.63, 3.8) is 0 Å². The van der Waals surface area contributed by atoms with Crippen molar-refractivity contribution in [2.45, 2.75) is 0 Å². The van der Waals surface area contributed by atoms with E-state index in [0.717, 1.165) is 0 Å². The quantitative estimate of drug-likeness (QED) is 0.492. The standard InChI is InChI=1S/C22H16P/c1-3-11-20(12-4-1)23(21-13-5-2-6-14-21)22-16-15-18-9-7-8-10-19(18)17-22/h1-16H. The molecule has 0 saturated heterocycles. The van der Waals surface area contributed by atoms with Crippen molar-refractivity contribution in [2.24, 2.45) is 0 Å². The molecule has 4 rings (SSSR count). The molecule has 0 aliphatic carbocycles. The summed E-state index contributed by atoms with van der Waals surface area (Å²) in [7, 11) is -0.575. The van der Waals surface area contributed by atoms with Crippen LogP contribution in [-0.2, 0) is 0 Å². The molecule has 0 atom stereocenters. The van der Waals surface area contributed by atoms with Gasteiger partial charge >= 0.3 is 0 Å². The van der Waals surface area contributed by atoms with Gasteiger partial charge in [0.2, 0.25) is 0 Å². The maximum atomic E-state index is 3.65. The summed E-state index contributed by atoms with van der Waals surface area (Å²) in [6.07, 6.45) is 0. The number of benzene rings is 4. The summed E-state index contributed by atoms with van der Waals surface area (Å²) in [5, 5.41) is 6.42. The van der Waals surface area contributed by atoms with Gasteiger partial charge in [0.25, 0.3) is 0 Å². The van der Waals surface area contributed by atoms with E-state index >= 15 is 0 Å². The molecule has 0 N–H and O–H groups in total. The van der Waals surface area contributed by atoms with E-state index in [9.17, 15) is 0 Å². The van der Waals surface area contributed by atoms with Gasteiger partial charge in [0, 0.05) is 0 Å². The molecule has 23 heavy (non-hydrogen) atoms. The summed E-state index contributed by atoms with van der Waals surface area (Å²) in [4.78, 5) is 0. The van der Waals surface area contributed by atoms with Crippen LogP contribution >= 0.6 is 7.92 Å². The lowest BCUT2D eigenvalue weighted by Gasteiger charge is -2.19. The second kappa shape index (κ2) is 6.36. The molecule has 0 nitrogen and oxygen atoms in total. The van der Waals surface area contributed by atoms with Gasteiger partial charge in [-0.3, -0.25) is 0 Å². The molecule has 0 aliphatic heterocycles. The largest absolute Gasteiger partial charge is 0.0622 e. The van der Waals surface area contributed by atoms with Crippen molar-refractivity contribution < 1.29 is 0 Å². The topological polar surface area (TPSA) is 0 Å². The first-order chi connectivity index (χ1) is 11.4. The van der Waals surface area contributed by atoms with Crippen LogP contribution in [0.5, 0.6) is 0 Å². The number of hydrogen-bond donors (Lipinski definition) is 0. The van der Waals surface area contributed by atoms with Gasteiger partial charge in [-0.15, -0.1) is 0 Å². The maximum Gasteiger partial charge on any atom is -0.000884 e. The minimum absolute atomic E-state index is 0.575. The molecule has 0 unspecified atom stereocenters. The lowest BCUT2D eigenvalue weighted by molar-refractivity contribution is 1.74. The first kappa shape index (κ1) is 14.2. The third kappa shape index (κ3) is 2.91. The molecular formula is C22H16P. The van der Waals surface area contributed by atoms with Crippen molar-refractivity contribution in [1.29, 1.82) is 0 Å². The number of hydrogen-bond acceptors (Lipinski definition) is 0. The molecule has 0 aromatic heterocycles. The summed E-state index contributed by atoms with van der Waals surface area (Å²) in [5.74, 6) is 0. The van der Waals surface area contributed by atoms with E-state index in [1.165, 1.54) is 26.7 Å². The molecule has 0 saturated carbocycles. The summed E-state index contributed by atoms with van der Waals surface area (Å²) in [6, 6.07) is 38.1. The highest BCUT2D eigenvalue weighted by molar-refractivity contribution is 7.79. The first-order valence-corrected chi connectivity index (χ1v) is 9.07. The fraction of sp³-hybridized carbons (Fsp3) is 0. The van der Waals surface area contributed by atoms with E-state index in [1.54, 1.807) is 0 Å². The molecule has 0 aliphatic rings. The van der Waals surface area contributed by atoms with E-state index in [4.69, 9.17) is 0 Å². The minimum atomic E-state index is -0.575. The van der Waals surface area contributed by atoms with Gasteiger partial charge in [-0.2, -0.15) is 0 Å². The third-order valence-electron chi connectivity index (χ3n) is 3.91. The van der Waals surface area contributed by atoms with Gasteiger partial charge in [-0.1, -0.05) is 97.1 Å². The maximum absolute atomic E-state index is 3.65. The highest BCUT2D eigenvalue weighted by atomic mass is 31.1. The van der Waals surface area contributed by atoms with Crippen LogP contribution in [0.25, 0.3) is 10.8 Å². The zero-order chi connectivity index (χ0) is 15.5. The monoisotopic (exact) mass is 311 g/mol. The summed E-state index contributed by atoms with van der Waals surface area (Å²) in [6.45, 7) is 0. The van der Waals surface area contributed by atoms with Crippen LogP contribution < -0.4 is 15.9 Å². The SMILES string of the molecule is [c]1c(P(c2ccccc2)c2ccccc2)ccc2ccccc12. The van der Waals surface area contributed by atoms with Crippen LogP contribution in [0.4, 0.5) is 0 Å². The van der Waals surface area contributed by atoms with E-state index in [1.807, 2.05) is 0 Å². The van der Waals surface area contributed by atoms with E-state index in [-0.39, 0.29) is 0 Å². The lowest BCUT2D eigenvalue weighted by Crippen LogP contribution is -2.20. The Kier molecular flexibility index (Phi) is 3.92. The third-order valence-corrected chi connectivity index (χ3v) is 6.29. The molecule has 109 valence electrons. The lowest BCUT2D eigenvalue weighted by atomic mass is 10.1. The van der Waals surface area contributed by atoms with Gasteiger partial charge in [-0.25, -0.2) is 0 Å². The average Bonchev–Trinajstić information content (AvgIpc) is 2.64. The number of rotatable bonds is 3. The first-order valence-electron chi connectivity index (χ1n) is 7.73. The summed E-state index contributed by atoms with van der Waals surface area (Å²) < 4.78 is 0. The van der Waals surface area contributed by atoms with Crippen LogP contribution in [0.2, 0.25) is 0 Å². The van der Waals surface area contributed by atoms with Crippen LogP contribution in [0, 0.1) is 6.07 Å². The molecule has 1 radical (unpaired) electrons. The van der Waals surface area contributed by atoms with Crippen molar-refractivity contribution in [2.75, 3.05) is 0 Å². The van der Waals surface area contributed by atoms with Crippen LogP contribution in [0.15, 0.2) is 97.1 Å². The van der Waals surface area contributed by atoms with E-state index in [2.05, 4.69) is 103 Å². The second-order valence-electron chi connectivity index (χ2n) is 5.44. The smallest absolute Gasteiger partial charge is 0.000884 e. The van der Waals surface area contributed by atoms with Crippen LogP contribution in [-0.4, -0.2) is 0 Å². The van der Waals surface area contributed by atoms with Crippen LogP contribution in [0.3, 0.4) is 0 Å². The molecular weight excluding hydrogens is 295 g/mol.